The van der Waals surface area contributed by atoms with Gasteiger partial charge in [-0.2, -0.15) is 5.10 Å². The number of nitrogens with two attached hydrogens (primary N) is 1. The molecule has 2 rings (SSSR count). The molecule has 3 N–H and O–H groups in total. The van der Waals surface area contributed by atoms with Crippen LogP contribution in [0.5, 0.6) is 0 Å². The topological polar surface area (TPSA) is 67.5 Å². The van der Waals surface area contributed by atoms with Gasteiger partial charge in [-0.1, -0.05) is 40.9 Å². The molecule has 0 aliphatic carbocycles. The highest BCUT2D eigenvalue weighted by molar-refractivity contribution is 6.49. The van der Waals surface area contributed by atoms with Crippen molar-refractivity contribution in [3.05, 3.63) is 62.6 Å². The third kappa shape index (κ3) is 3.71. The Morgan fingerprint density at radius 1 is 1.05 bits per heavy atom. The van der Waals surface area contributed by atoms with E-state index in [0.29, 0.717) is 27.5 Å². The molecule has 0 bridgehead atoms. The molecular weight excluding hydrogens is 345 g/mol. The van der Waals surface area contributed by atoms with E-state index in [1.165, 1.54) is 0 Å². The first-order valence-corrected chi connectivity index (χ1v) is 7.37. The Balaban J connectivity index is 2.18. The average molecular weight is 357 g/mol. The summed E-state index contributed by atoms with van der Waals surface area (Å²) in [5.74, 6) is -0.351. The minimum atomic E-state index is -0.351. The van der Waals surface area contributed by atoms with Gasteiger partial charge < -0.3 is 5.73 Å². The molecule has 0 aliphatic rings. The van der Waals surface area contributed by atoms with Gasteiger partial charge in [0, 0.05) is 16.8 Å². The Morgan fingerprint density at radius 2 is 1.68 bits per heavy atom. The normalized spacial score (nSPS) is 11.4. The standard InChI is InChI=1S/C15H12Cl3N3O/c1-8(11-6-7-12(16)14(18)13(11)17)20-21-15(22)9-2-4-10(19)5-3-9/h2-7H,19H2,1H3,(H,21,22). The molecule has 0 saturated carbocycles. The number of anilines is 1. The van der Waals surface area contributed by atoms with Gasteiger partial charge in [0.1, 0.15) is 0 Å². The van der Waals surface area contributed by atoms with Gasteiger partial charge in [0.25, 0.3) is 5.91 Å². The molecule has 0 heterocycles. The molecule has 1 amide bonds. The van der Waals surface area contributed by atoms with Crippen LogP contribution in [0.25, 0.3) is 0 Å². The molecule has 0 atom stereocenters. The number of rotatable bonds is 3. The zero-order valence-electron chi connectivity index (χ0n) is 11.5. The van der Waals surface area contributed by atoms with Crippen LogP contribution in [0.15, 0.2) is 41.5 Å². The Hall–Kier alpha value is -1.75. The van der Waals surface area contributed by atoms with E-state index in [4.69, 9.17) is 40.5 Å². The van der Waals surface area contributed by atoms with Crippen molar-refractivity contribution in [3.63, 3.8) is 0 Å². The summed E-state index contributed by atoms with van der Waals surface area (Å²) in [6, 6.07) is 9.81. The van der Waals surface area contributed by atoms with Gasteiger partial charge in [-0.05, 0) is 37.3 Å². The van der Waals surface area contributed by atoms with Crippen molar-refractivity contribution in [2.45, 2.75) is 6.92 Å². The van der Waals surface area contributed by atoms with Crippen molar-refractivity contribution in [1.82, 2.24) is 5.43 Å². The van der Waals surface area contributed by atoms with Crippen LogP contribution in [0.4, 0.5) is 5.69 Å². The maximum Gasteiger partial charge on any atom is 0.271 e. The van der Waals surface area contributed by atoms with E-state index >= 15 is 0 Å². The zero-order chi connectivity index (χ0) is 16.3. The van der Waals surface area contributed by atoms with Crippen molar-refractivity contribution in [1.29, 1.82) is 0 Å². The third-order valence-corrected chi connectivity index (χ3v) is 4.22. The van der Waals surface area contributed by atoms with Gasteiger partial charge in [-0.3, -0.25) is 4.79 Å². The number of hydrogen-bond donors (Lipinski definition) is 2. The number of carbonyl (C=O) groups excluding carboxylic acids is 1. The first-order valence-electron chi connectivity index (χ1n) is 6.24. The van der Waals surface area contributed by atoms with Crippen molar-refractivity contribution in [2.24, 2.45) is 5.10 Å². The van der Waals surface area contributed by atoms with Crippen molar-refractivity contribution < 1.29 is 4.79 Å². The van der Waals surface area contributed by atoms with E-state index in [2.05, 4.69) is 10.5 Å². The van der Waals surface area contributed by atoms with E-state index in [-0.39, 0.29) is 16.0 Å². The molecule has 0 radical (unpaired) electrons. The van der Waals surface area contributed by atoms with Gasteiger partial charge in [0.2, 0.25) is 0 Å². The molecule has 2 aromatic rings. The predicted octanol–water partition coefficient (Wildman–Crippen LogP) is 4.38. The summed E-state index contributed by atoms with van der Waals surface area (Å²) in [5, 5.41) is 4.92. The van der Waals surface area contributed by atoms with E-state index in [1.54, 1.807) is 43.3 Å². The minimum Gasteiger partial charge on any atom is -0.399 e. The molecule has 7 heteroatoms. The van der Waals surface area contributed by atoms with Crippen molar-refractivity contribution >= 4 is 52.1 Å². The zero-order valence-corrected chi connectivity index (χ0v) is 13.8. The summed E-state index contributed by atoms with van der Waals surface area (Å²) < 4.78 is 0. The van der Waals surface area contributed by atoms with E-state index in [9.17, 15) is 4.79 Å². The number of benzene rings is 2. The van der Waals surface area contributed by atoms with Gasteiger partial charge in [0.05, 0.1) is 20.8 Å². The minimum absolute atomic E-state index is 0.250. The van der Waals surface area contributed by atoms with E-state index in [0.717, 1.165) is 0 Å². The first kappa shape index (κ1) is 16.6. The largest absolute Gasteiger partial charge is 0.399 e. The second kappa shape index (κ2) is 7.01. The lowest BCUT2D eigenvalue weighted by Crippen LogP contribution is -2.19. The summed E-state index contributed by atoms with van der Waals surface area (Å²) in [6.45, 7) is 1.70. The molecule has 4 nitrogen and oxygen atoms in total. The number of nitrogens with zero attached hydrogens (tertiary/aromatic N) is 1. The lowest BCUT2D eigenvalue weighted by atomic mass is 10.1. The molecule has 2 aromatic carbocycles. The first-order chi connectivity index (χ1) is 10.4. The Kier molecular flexibility index (Phi) is 5.29. The molecule has 0 saturated heterocycles. The molecule has 0 aromatic heterocycles. The van der Waals surface area contributed by atoms with Crippen LogP contribution in [-0.2, 0) is 0 Å². The van der Waals surface area contributed by atoms with Crippen LogP contribution in [0.3, 0.4) is 0 Å². The van der Waals surface area contributed by atoms with Crippen LogP contribution in [-0.4, -0.2) is 11.6 Å². The maximum absolute atomic E-state index is 12.0. The summed E-state index contributed by atoms with van der Waals surface area (Å²) in [5.41, 5.74) is 10.2. The number of halogens is 3. The van der Waals surface area contributed by atoms with Crippen molar-refractivity contribution in [3.8, 4) is 0 Å². The maximum atomic E-state index is 12.0. The van der Waals surface area contributed by atoms with Crippen LogP contribution in [0.1, 0.15) is 22.8 Å². The number of hydrazone groups is 1. The van der Waals surface area contributed by atoms with Gasteiger partial charge in [-0.15, -0.1) is 0 Å². The van der Waals surface area contributed by atoms with Gasteiger partial charge in [0.15, 0.2) is 0 Å². The lowest BCUT2D eigenvalue weighted by molar-refractivity contribution is 0.0955. The van der Waals surface area contributed by atoms with Crippen LogP contribution < -0.4 is 11.2 Å². The fourth-order valence-corrected chi connectivity index (χ4v) is 2.37. The molecule has 114 valence electrons. The van der Waals surface area contributed by atoms with Gasteiger partial charge in [-0.25, -0.2) is 5.43 Å². The van der Waals surface area contributed by atoms with Crippen LogP contribution in [0, 0.1) is 0 Å². The summed E-state index contributed by atoms with van der Waals surface area (Å²) in [6.07, 6.45) is 0. The second-order valence-electron chi connectivity index (χ2n) is 4.48. The van der Waals surface area contributed by atoms with Crippen LogP contribution in [0.2, 0.25) is 15.1 Å². The van der Waals surface area contributed by atoms with E-state index in [1.807, 2.05) is 0 Å². The predicted molar refractivity (Wildman–Crippen MR) is 92.0 cm³/mol. The number of nitrogen functional groups attached to an aromatic ring is 1. The van der Waals surface area contributed by atoms with E-state index < -0.39 is 0 Å². The SMILES string of the molecule is CC(=NNC(=O)c1ccc(N)cc1)c1ccc(Cl)c(Cl)c1Cl. The monoisotopic (exact) mass is 355 g/mol. The molecular formula is C15H12Cl3N3O. The quantitative estimate of drug-likeness (QED) is 0.371. The smallest absolute Gasteiger partial charge is 0.271 e. The second-order valence-corrected chi connectivity index (χ2v) is 5.65. The number of nitrogens with one attached hydrogen (secondary N) is 1. The fraction of sp³-hybridized carbons (Fsp3) is 0.0667. The molecule has 22 heavy (non-hydrogen) atoms. The van der Waals surface area contributed by atoms with Gasteiger partial charge >= 0.3 is 0 Å². The van der Waals surface area contributed by atoms with Crippen molar-refractivity contribution in [2.75, 3.05) is 5.73 Å². The fourth-order valence-electron chi connectivity index (χ4n) is 1.70. The number of amides is 1. The van der Waals surface area contributed by atoms with Crippen LogP contribution >= 0.6 is 34.8 Å². The summed E-state index contributed by atoms with van der Waals surface area (Å²) in [7, 11) is 0. The highest BCUT2D eigenvalue weighted by atomic mass is 35.5. The molecule has 0 aliphatic heterocycles. The summed E-state index contributed by atoms with van der Waals surface area (Å²) >= 11 is 18.0. The number of carbonyl (C=O) groups is 1. The molecule has 0 fully saturated rings. The number of hydrogen-bond acceptors (Lipinski definition) is 3. The molecule has 0 spiro atoms. The average Bonchev–Trinajstić information content (AvgIpc) is 2.51. The molecule has 0 unspecified atom stereocenters. The Morgan fingerprint density at radius 3 is 2.32 bits per heavy atom. The Labute approximate surface area is 142 Å². The summed E-state index contributed by atoms with van der Waals surface area (Å²) in [4.78, 5) is 12.0. The Bertz CT molecular complexity index is 742. The lowest BCUT2D eigenvalue weighted by Gasteiger charge is -2.07. The highest BCUT2D eigenvalue weighted by Crippen LogP contribution is 2.32. The highest BCUT2D eigenvalue weighted by Gasteiger charge is 2.11. The third-order valence-electron chi connectivity index (χ3n) is 2.92.